The number of rotatable bonds is 39. The van der Waals surface area contributed by atoms with Gasteiger partial charge in [0.15, 0.2) is 35.8 Å². The van der Waals surface area contributed by atoms with Crippen molar-refractivity contribution in [2.75, 3.05) is 33.0 Å². The highest BCUT2D eigenvalue weighted by Gasteiger charge is 2.25. The van der Waals surface area contributed by atoms with Crippen LogP contribution >= 0.6 is 0 Å². The summed E-state index contributed by atoms with van der Waals surface area (Å²) in [6.07, 6.45) is 14.3. The predicted octanol–water partition coefficient (Wildman–Crippen LogP) is 12.2. The van der Waals surface area contributed by atoms with Gasteiger partial charge in [0, 0.05) is 23.8 Å². The molecule has 0 aliphatic rings. The number of hydrogen-bond acceptors (Lipinski definition) is 18. The molecule has 4 unspecified atom stereocenters. The van der Waals surface area contributed by atoms with Gasteiger partial charge < -0.3 is 53.2 Å². The number of carbonyl (C=O) groups is 4. The molecule has 3 aromatic carbocycles. The largest absolute Gasteiger partial charge is 0.507 e. The summed E-state index contributed by atoms with van der Waals surface area (Å²) in [5.74, 6) is -2.66. The molecule has 0 aliphatic heterocycles. The van der Waals surface area contributed by atoms with E-state index >= 15 is 0 Å². The van der Waals surface area contributed by atoms with Crippen LogP contribution in [0.25, 0.3) is 34.2 Å². The smallest absolute Gasteiger partial charge is 0.347 e. The van der Waals surface area contributed by atoms with Gasteiger partial charge in [0.25, 0.3) is 0 Å². The summed E-state index contributed by atoms with van der Waals surface area (Å²) in [5.41, 5.74) is 0.564. The molecule has 1 aromatic heterocycles. The number of aliphatic hydroxyl groups is 1. The van der Waals surface area contributed by atoms with Gasteiger partial charge in [-0.25, -0.2) is 34.1 Å². The molecule has 0 aliphatic carbocycles. The van der Waals surface area contributed by atoms with Crippen LogP contribution in [-0.2, 0) is 38.1 Å². The van der Waals surface area contributed by atoms with Crippen LogP contribution in [0.5, 0.6) is 34.5 Å². The van der Waals surface area contributed by atoms with Gasteiger partial charge in [-0.05, 0) is 83.4 Å². The van der Waals surface area contributed by atoms with E-state index in [2.05, 4.69) is 32.3 Å². The molecule has 0 saturated carbocycles. The van der Waals surface area contributed by atoms with E-state index in [4.69, 9.17) is 47.9 Å². The Hall–Kier alpha value is -6.95. The molecule has 0 spiro atoms. The number of esters is 4. The van der Waals surface area contributed by atoms with Crippen LogP contribution in [0.4, 0.5) is 0 Å². The van der Waals surface area contributed by atoms with Crippen molar-refractivity contribution in [3.05, 3.63) is 66.7 Å². The van der Waals surface area contributed by atoms with Gasteiger partial charge in [0.1, 0.15) is 53.8 Å². The summed E-state index contributed by atoms with van der Waals surface area (Å²) in [6, 6.07) is 13.2. The second-order valence-corrected chi connectivity index (χ2v) is 19.8. The van der Waals surface area contributed by atoms with Crippen molar-refractivity contribution in [3.63, 3.8) is 0 Å². The van der Waals surface area contributed by atoms with Crippen LogP contribution in [0.1, 0.15) is 164 Å². The molecule has 79 heavy (non-hydrogen) atoms. The van der Waals surface area contributed by atoms with Crippen molar-refractivity contribution in [2.24, 2.45) is 0 Å². The normalized spacial score (nSPS) is 12.6. The minimum atomic E-state index is -1.31. The van der Waals surface area contributed by atoms with Crippen LogP contribution < -0.4 is 18.9 Å². The van der Waals surface area contributed by atoms with E-state index in [-0.39, 0.29) is 94.1 Å². The molecule has 0 radical (unpaired) electrons. The Bertz CT molecular complexity index is 2430. The van der Waals surface area contributed by atoms with Crippen molar-refractivity contribution in [3.8, 4) is 68.7 Å². The van der Waals surface area contributed by atoms with Gasteiger partial charge in [-0.1, -0.05) is 124 Å². The number of ether oxygens (including phenoxy) is 8. The third-order valence-corrected chi connectivity index (χ3v) is 12.6. The lowest BCUT2D eigenvalue weighted by molar-refractivity contribution is -0.152. The van der Waals surface area contributed by atoms with Crippen LogP contribution in [0.15, 0.2) is 66.7 Å². The highest BCUT2D eigenvalue weighted by atomic mass is 16.6. The molecule has 18 heteroatoms. The maximum Gasteiger partial charge on any atom is 0.347 e. The van der Waals surface area contributed by atoms with Crippen molar-refractivity contribution in [1.82, 2.24) is 15.0 Å². The third kappa shape index (κ3) is 23.1. The first-order valence-electron chi connectivity index (χ1n) is 28.3. The number of aliphatic hydroxyl groups excluding tert-OH is 1. The lowest BCUT2D eigenvalue weighted by Gasteiger charge is -2.19. The van der Waals surface area contributed by atoms with Crippen molar-refractivity contribution in [1.29, 1.82) is 0 Å². The molecule has 0 fully saturated rings. The molecule has 434 valence electrons. The molecule has 4 rings (SSSR count). The van der Waals surface area contributed by atoms with E-state index in [0.29, 0.717) is 0 Å². The first-order chi connectivity index (χ1) is 38.0. The predicted molar refractivity (Wildman–Crippen MR) is 300 cm³/mol. The Kier molecular flexibility index (Phi) is 29.0. The van der Waals surface area contributed by atoms with Crippen molar-refractivity contribution >= 4 is 23.9 Å². The number of hydrogen-bond donors (Lipinski definition) is 3. The second kappa shape index (κ2) is 35.5. The first kappa shape index (κ1) is 64.6. The Balaban J connectivity index is 1.70. The zero-order chi connectivity index (χ0) is 57.5. The van der Waals surface area contributed by atoms with E-state index < -0.39 is 61.5 Å². The fourth-order valence-electron chi connectivity index (χ4n) is 7.97. The summed E-state index contributed by atoms with van der Waals surface area (Å²) < 4.78 is 45.5. The first-order valence-corrected chi connectivity index (χ1v) is 28.3. The fourth-order valence-corrected chi connectivity index (χ4v) is 7.97. The molecule has 4 aromatic rings. The summed E-state index contributed by atoms with van der Waals surface area (Å²) in [6.45, 7) is 16.1. The minimum Gasteiger partial charge on any atom is -0.507 e. The highest BCUT2D eigenvalue weighted by molar-refractivity contribution is 5.87. The Morgan fingerprint density at radius 1 is 0.481 bits per heavy atom. The number of aromatic hydroxyl groups is 2. The van der Waals surface area contributed by atoms with Crippen molar-refractivity contribution in [2.45, 2.75) is 188 Å². The Morgan fingerprint density at radius 3 is 1.19 bits per heavy atom. The molecule has 18 nitrogen and oxygen atoms in total. The van der Waals surface area contributed by atoms with Crippen LogP contribution in [0, 0.1) is 0 Å². The van der Waals surface area contributed by atoms with Crippen molar-refractivity contribution < 1.29 is 72.4 Å². The molecule has 4 atom stereocenters. The maximum atomic E-state index is 13.0. The third-order valence-electron chi connectivity index (χ3n) is 12.6. The summed E-state index contributed by atoms with van der Waals surface area (Å²) in [7, 11) is 0. The number of nitrogens with zero attached hydrogens (tertiary/aromatic N) is 3. The lowest BCUT2D eigenvalue weighted by Crippen LogP contribution is -2.27. The van der Waals surface area contributed by atoms with E-state index in [1.165, 1.54) is 62.2 Å². The summed E-state index contributed by atoms with van der Waals surface area (Å²) >= 11 is 0. The van der Waals surface area contributed by atoms with Gasteiger partial charge in [-0.3, -0.25) is 0 Å². The van der Waals surface area contributed by atoms with E-state index in [9.17, 15) is 34.5 Å². The molecule has 0 saturated heterocycles. The van der Waals surface area contributed by atoms with Gasteiger partial charge in [-0.2, -0.15) is 0 Å². The number of phenols is 2. The van der Waals surface area contributed by atoms with E-state index in [1.54, 1.807) is 32.9 Å². The van der Waals surface area contributed by atoms with Crippen LogP contribution in [0.2, 0.25) is 0 Å². The van der Waals surface area contributed by atoms with E-state index in [1.807, 2.05) is 0 Å². The average Bonchev–Trinajstić information content (AvgIpc) is 3.49. The fraction of sp³-hybridized carbons (Fsp3) is 0.557. The molecule has 0 bridgehead atoms. The molecule has 1 heterocycles. The molecular weight excluding hydrogens is 1010 g/mol. The van der Waals surface area contributed by atoms with E-state index in [0.717, 1.165) is 103 Å². The standard InChI is InChI=1S/C61H85N3O15/c1-9-12-15-18-21-24-33-72-59(69)42(6)77-46-27-30-49(52(66)36-46)55-62-56(50-31-28-47(37-53(50)67)78-43(7)60(70)73-34-25-22-19-16-13-10-2)64-57(63-55)51-32-29-48(38-54(51)75-39-45(65)40-76-58(68)41(4)5)79-44(8)61(71)74-35-26-23-20-17-14-11-3/h27-32,36-38,42-45,65-67H,4,9-26,33-35,39-40H2,1-3,5-8H3. The maximum absolute atomic E-state index is 13.0. The second-order valence-electron chi connectivity index (χ2n) is 19.8. The van der Waals surface area contributed by atoms with Gasteiger partial charge in [0.2, 0.25) is 0 Å². The van der Waals surface area contributed by atoms with Gasteiger partial charge in [-0.15, -0.1) is 0 Å². The number of carbonyl (C=O) groups excluding carboxylic acids is 4. The molecular formula is C61H85N3O15. The van der Waals surface area contributed by atoms with Crippen LogP contribution in [-0.4, -0.2) is 112 Å². The molecule has 0 amide bonds. The Morgan fingerprint density at radius 2 is 0.823 bits per heavy atom. The number of benzene rings is 3. The Labute approximate surface area is 466 Å². The van der Waals surface area contributed by atoms with Crippen LogP contribution in [0.3, 0.4) is 0 Å². The monoisotopic (exact) mass is 1100 g/mol. The minimum absolute atomic E-state index is 0.0425. The zero-order valence-electron chi connectivity index (χ0n) is 47.6. The van der Waals surface area contributed by atoms with Gasteiger partial charge >= 0.3 is 23.9 Å². The summed E-state index contributed by atoms with van der Waals surface area (Å²) in [5, 5.41) is 34.0. The number of phenolic OH excluding ortho intramolecular Hbond substituents is 2. The molecule has 3 N–H and O–H groups in total. The quantitative estimate of drug-likeness (QED) is 0.0163. The highest BCUT2D eigenvalue weighted by Crippen LogP contribution is 2.39. The SMILES string of the molecule is C=C(C)C(=O)OCC(O)COc1cc(OC(C)C(=O)OCCCCCCCC)ccc1-c1nc(-c2ccc(OC(C)C(=O)OCCCCCCCC)cc2O)nc(-c2ccc(OC(C)C(=O)OCCCCCCCC)cc2O)n1. The zero-order valence-corrected chi connectivity index (χ0v) is 47.6. The topological polar surface area (TPSA) is 241 Å². The lowest BCUT2D eigenvalue weighted by atomic mass is 10.1. The summed E-state index contributed by atoms with van der Waals surface area (Å²) in [4.78, 5) is 65.1. The number of aromatic nitrogens is 3. The average molecular weight is 1100 g/mol. The van der Waals surface area contributed by atoms with Gasteiger partial charge in [0.05, 0.1) is 36.5 Å². The number of unbranched alkanes of at least 4 members (excludes halogenated alkanes) is 15.